The van der Waals surface area contributed by atoms with Crippen molar-refractivity contribution in [2.24, 2.45) is 0 Å². The Bertz CT molecular complexity index is 625. The minimum absolute atomic E-state index is 0.892. The molecule has 3 nitrogen and oxygen atoms in total. The fraction of sp³-hybridized carbons (Fsp3) is 0.154. The quantitative estimate of drug-likeness (QED) is 0.725. The molecule has 2 aromatic heterocycles. The molecule has 0 radical (unpaired) electrons. The number of rotatable bonds is 3. The van der Waals surface area contributed by atoms with Gasteiger partial charge < -0.3 is 4.57 Å². The first-order valence-electron chi connectivity index (χ1n) is 5.55. The second-order valence-corrected chi connectivity index (χ2v) is 4.90. The molecule has 0 spiro atoms. The Morgan fingerprint density at radius 3 is 2.88 bits per heavy atom. The van der Waals surface area contributed by atoms with Gasteiger partial charge in [-0.05, 0) is 29.7 Å². The van der Waals surface area contributed by atoms with Gasteiger partial charge in [0.05, 0.1) is 6.54 Å². The van der Waals surface area contributed by atoms with Crippen molar-refractivity contribution < 1.29 is 0 Å². The third-order valence-electron chi connectivity index (χ3n) is 2.87. The molecule has 17 heavy (non-hydrogen) atoms. The van der Waals surface area contributed by atoms with Crippen molar-refractivity contribution in [2.75, 3.05) is 0 Å². The van der Waals surface area contributed by atoms with Crippen LogP contribution in [0.15, 0.2) is 53.4 Å². The molecule has 0 N–H and O–H groups in total. The molecule has 3 rings (SSSR count). The standard InChI is InChI=1S/C13H12BrN3/c14-12-3-2-11-4-7-16(13(11)10-12)8-9-17-6-1-5-15-17/h1-7,10H,8-9H2. The van der Waals surface area contributed by atoms with Gasteiger partial charge in [0.25, 0.3) is 0 Å². The van der Waals surface area contributed by atoms with Gasteiger partial charge in [-0.3, -0.25) is 4.68 Å². The Hall–Kier alpha value is -1.55. The van der Waals surface area contributed by atoms with Crippen LogP contribution in [0.2, 0.25) is 0 Å². The van der Waals surface area contributed by atoms with Gasteiger partial charge in [-0.1, -0.05) is 22.0 Å². The minimum Gasteiger partial charge on any atom is -0.346 e. The maximum absolute atomic E-state index is 4.21. The van der Waals surface area contributed by atoms with Gasteiger partial charge in [0.15, 0.2) is 0 Å². The number of halogens is 1. The predicted molar refractivity (Wildman–Crippen MR) is 71.9 cm³/mol. The van der Waals surface area contributed by atoms with E-state index in [4.69, 9.17) is 0 Å². The number of aromatic nitrogens is 3. The Kier molecular flexibility index (Phi) is 2.73. The Labute approximate surface area is 108 Å². The van der Waals surface area contributed by atoms with Crippen molar-refractivity contribution in [3.63, 3.8) is 0 Å². The van der Waals surface area contributed by atoms with Crippen molar-refractivity contribution in [3.8, 4) is 0 Å². The third-order valence-corrected chi connectivity index (χ3v) is 3.36. The first-order chi connectivity index (χ1) is 8.33. The molecule has 86 valence electrons. The molecule has 0 atom stereocenters. The van der Waals surface area contributed by atoms with Crippen LogP contribution in [-0.2, 0) is 13.1 Å². The van der Waals surface area contributed by atoms with E-state index >= 15 is 0 Å². The van der Waals surface area contributed by atoms with Crippen LogP contribution in [0, 0.1) is 0 Å². The molecule has 3 aromatic rings. The molecule has 0 bridgehead atoms. The highest BCUT2D eigenvalue weighted by atomic mass is 79.9. The summed E-state index contributed by atoms with van der Waals surface area (Å²) in [5.41, 5.74) is 1.26. The van der Waals surface area contributed by atoms with Gasteiger partial charge in [-0.15, -0.1) is 0 Å². The van der Waals surface area contributed by atoms with E-state index in [1.54, 1.807) is 0 Å². The Balaban J connectivity index is 1.87. The number of aryl methyl sites for hydroxylation is 2. The van der Waals surface area contributed by atoms with E-state index in [9.17, 15) is 0 Å². The van der Waals surface area contributed by atoms with E-state index in [0.717, 1.165) is 17.6 Å². The molecule has 0 unspecified atom stereocenters. The molecular weight excluding hydrogens is 278 g/mol. The van der Waals surface area contributed by atoms with Crippen molar-refractivity contribution in [1.29, 1.82) is 0 Å². The average molecular weight is 290 g/mol. The molecule has 4 heteroatoms. The van der Waals surface area contributed by atoms with Gasteiger partial charge in [-0.2, -0.15) is 5.10 Å². The number of hydrogen-bond donors (Lipinski definition) is 0. The molecule has 0 fully saturated rings. The van der Waals surface area contributed by atoms with E-state index in [1.165, 1.54) is 10.9 Å². The van der Waals surface area contributed by atoms with Crippen molar-refractivity contribution in [2.45, 2.75) is 13.1 Å². The molecular formula is C13H12BrN3. The van der Waals surface area contributed by atoms with Crippen LogP contribution in [-0.4, -0.2) is 14.3 Å². The summed E-state index contributed by atoms with van der Waals surface area (Å²) in [5, 5.41) is 5.48. The first kappa shape index (κ1) is 10.6. The number of nitrogens with zero attached hydrogens (tertiary/aromatic N) is 3. The second kappa shape index (κ2) is 4.37. The summed E-state index contributed by atoms with van der Waals surface area (Å²) in [5.74, 6) is 0. The lowest BCUT2D eigenvalue weighted by molar-refractivity contribution is 0.543. The second-order valence-electron chi connectivity index (χ2n) is 3.98. The highest BCUT2D eigenvalue weighted by Gasteiger charge is 2.01. The van der Waals surface area contributed by atoms with Crippen molar-refractivity contribution in [1.82, 2.24) is 14.3 Å². The van der Waals surface area contributed by atoms with Crippen LogP contribution in [0.3, 0.4) is 0 Å². The van der Waals surface area contributed by atoms with E-state index in [1.807, 2.05) is 23.1 Å². The third kappa shape index (κ3) is 2.13. The van der Waals surface area contributed by atoms with E-state index in [-0.39, 0.29) is 0 Å². The lowest BCUT2D eigenvalue weighted by Gasteiger charge is -2.06. The monoisotopic (exact) mass is 289 g/mol. The van der Waals surface area contributed by atoms with E-state index < -0.39 is 0 Å². The highest BCUT2D eigenvalue weighted by Crippen LogP contribution is 2.20. The molecule has 0 saturated heterocycles. The average Bonchev–Trinajstić information content (AvgIpc) is 2.94. The van der Waals surface area contributed by atoms with Crippen LogP contribution >= 0.6 is 15.9 Å². The van der Waals surface area contributed by atoms with Gasteiger partial charge in [-0.25, -0.2) is 0 Å². The predicted octanol–water partition coefficient (Wildman–Crippen LogP) is 3.30. The zero-order valence-corrected chi connectivity index (χ0v) is 10.8. The summed E-state index contributed by atoms with van der Waals surface area (Å²) in [6.45, 7) is 1.82. The number of benzene rings is 1. The smallest absolute Gasteiger partial charge is 0.0588 e. The Morgan fingerprint density at radius 2 is 2.06 bits per heavy atom. The number of hydrogen-bond acceptors (Lipinski definition) is 1. The van der Waals surface area contributed by atoms with Crippen LogP contribution in [0.25, 0.3) is 10.9 Å². The summed E-state index contributed by atoms with van der Waals surface area (Å²) in [7, 11) is 0. The molecule has 0 aliphatic carbocycles. The number of fused-ring (bicyclic) bond motifs is 1. The molecule has 2 heterocycles. The molecule has 1 aromatic carbocycles. The van der Waals surface area contributed by atoms with E-state index in [0.29, 0.717) is 0 Å². The Morgan fingerprint density at radius 1 is 1.12 bits per heavy atom. The molecule has 0 saturated carbocycles. The van der Waals surface area contributed by atoms with Crippen LogP contribution in [0.5, 0.6) is 0 Å². The lowest BCUT2D eigenvalue weighted by Crippen LogP contribution is -2.06. The SMILES string of the molecule is Brc1ccc2ccn(CCn3cccn3)c2c1. The zero-order chi connectivity index (χ0) is 11.7. The van der Waals surface area contributed by atoms with E-state index in [2.05, 4.69) is 56.1 Å². The largest absolute Gasteiger partial charge is 0.346 e. The van der Waals surface area contributed by atoms with Crippen molar-refractivity contribution >= 4 is 26.8 Å². The molecule has 0 amide bonds. The minimum atomic E-state index is 0.892. The van der Waals surface area contributed by atoms with Gasteiger partial charge >= 0.3 is 0 Å². The highest BCUT2D eigenvalue weighted by molar-refractivity contribution is 9.10. The van der Waals surface area contributed by atoms with Crippen LogP contribution < -0.4 is 0 Å². The van der Waals surface area contributed by atoms with Crippen LogP contribution in [0.4, 0.5) is 0 Å². The summed E-state index contributed by atoms with van der Waals surface area (Å²) in [6, 6.07) is 10.4. The fourth-order valence-corrected chi connectivity index (χ4v) is 2.34. The molecule has 0 aliphatic heterocycles. The summed E-state index contributed by atoms with van der Waals surface area (Å²) >= 11 is 3.51. The molecule has 0 aliphatic rings. The van der Waals surface area contributed by atoms with Crippen molar-refractivity contribution in [3.05, 3.63) is 53.4 Å². The maximum Gasteiger partial charge on any atom is 0.0588 e. The van der Waals surface area contributed by atoms with Gasteiger partial charge in [0.1, 0.15) is 0 Å². The summed E-state index contributed by atoms with van der Waals surface area (Å²) in [4.78, 5) is 0. The van der Waals surface area contributed by atoms with Crippen LogP contribution in [0.1, 0.15) is 0 Å². The van der Waals surface area contributed by atoms with Gasteiger partial charge in [0, 0.05) is 35.1 Å². The fourth-order valence-electron chi connectivity index (χ4n) is 1.99. The topological polar surface area (TPSA) is 22.8 Å². The van der Waals surface area contributed by atoms with Gasteiger partial charge in [0.2, 0.25) is 0 Å². The summed E-state index contributed by atoms with van der Waals surface area (Å²) in [6.07, 6.45) is 5.92. The first-order valence-corrected chi connectivity index (χ1v) is 6.34. The zero-order valence-electron chi connectivity index (χ0n) is 9.25. The summed E-state index contributed by atoms with van der Waals surface area (Å²) < 4.78 is 5.31. The maximum atomic E-state index is 4.21. The lowest BCUT2D eigenvalue weighted by atomic mass is 10.2. The normalized spacial score (nSPS) is 11.1.